The second kappa shape index (κ2) is 7.06. The standard InChI is InChI=1S/C15H25N3O3/c1-17(12-15(20)5-9-21-10-6-15)7-2-8-18-11-13(16)3-4-14(18)19/h3-4,11,20H,2,5-10,12,16H2,1H3. The first-order chi connectivity index (χ1) is 9.98. The van der Waals surface area contributed by atoms with Crippen LogP contribution in [0.15, 0.2) is 23.1 Å². The van der Waals surface area contributed by atoms with Crippen molar-refractivity contribution in [1.29, 1.82) is 0 Å². The molecule has 2 heterocycles. The maximum Gasteiger partial charge on any atom is 0.250 e. The zero-order chi connectivity index (χ0) is 15.3. The molecule has 0 amide bonds. The molecule has 1 aromatic heterocycles. The fraction of sp³-hybridized carbons (Fsp3) is 0.667. The van der Waals surface area contributed by atoms with Gasteiger partial charge in [-0.25, -0.2) is 0 Å². The van der Waals surface area contributed by atoms with Crippen molar-refractivity contribution < 1.29 is 9.84 Å². The largest absolute Gasteiger partial charge is 0.398 e. The molecule has 1 aromatic rings. The summed E-state index contributed by atoms with van der Waals surface area (Å²) in [4.78, 5) is 13.8. The summed E-state index contributed by atoms with van der Waals surface area (Å²) in [5.41, 5.74) is 5.61. The molecule has 2 rings (SSSR count). The Kier molecular flexibility index (Phi) is 5.39. The Labute approximate surface area is 125 Å². The lowest BCUT2D eigenvalue weighted by molar-refractivity contribution is -0.0769. The molecule has 6 nitrogen and oxygen atoms in total. The Morgan fingerprint density at radius 2 is 2.14 bits per heavy atom. The van der Waals surface area contributed by atoms with Crippen molar-refractivity contribution in [3.63, 3.8) is 0 Å². The van der Waals surface area contributed by atoms with Gasteiger partial charge >= 0.3 is 0 Å². The molecule has 1 fully saturated rings. The molecular weight excluding hydrogens is 270 g/mol. The smallest absolute Gasteiger partial charge is 0.250 e. The number of nitrogens with zero attached hydrogens (tertiary/aromatic N) is 2. The van der Waals surface area contributed by atoms with Crippen molar-refractivity contribution in [3.8, 4) is 0 Å². The van der Waals surface area contributed by atoms with Gasteiger partial charge in [-0.3, -0.25) is 4.79 Å². The first-order valence-corrected chi connectivity index (χ1v) is 7.43. The third-order valence-electron chi connectivity index (χ3n) is 3.93. The average Bonchev–Trinajstić information content (AvgIpc) is 2.43. The van der Waals surface area contributed by atoms with Crippen LogP contribution >= 0.6 is 0 Å². The topological polar surface area (TPSA) is 80.7 Å². The van der Waals surface area contributed by atoms with Gasteiger partial charge < -0.3 is 25.0 Å². The molecule has 0 aliphatic carbocycles. The van der Waals surface area contributed by atoms with Crippen LogP contribution in [0.3, 0.4) is 0 Å². The van der Waals surface area contributed by atoms with Crippen LogP contribution in [0.5, 0.6) is 0 Å². The van der Waals surface area contributed by atoms with Crippen LogP contribution in [0, 0.1) is 0 Å². The van der Waals surface area contributed by atoms with Crippen molar-refractivity contribution in [3.05, 3.63) is 28.7 Å². The molecule has 0 unspecified atom stereocenters. The second-order valence-corrected chi connectivity index (χ2v) is 5.92. The quantitative estimate of drug-likeness (QED) is 0.788. The van der Waals surface area contributed by atoms with Gasteiger partial charge in [-0.05, 0) is 26.1 Å². The molecule has 0 radical (unpaired) electrons. The number of anilines is 1. The molecule has 0 bridgehead atoms. The number of aromatic nitrogens is 1. The summed E-state index contributed by atoms with van der Waals surface area (Å²) in [6.07, 6.45) is 3.89. The van der Waals surface area contributed by atoms with Gasteiger partial charge in [0.25, 0.3) is 5.56 Å². The van der Waals surface area contributed by atoms with Crippen LogP contribution in [-0.4, -0.2) is 53.5 Å². The van der Waals surface area contributed by atoms with Gasteiger partial charge in [0, 0.05) is 57.1 Å². The monoisotopic (exact) mass is 295 g/mol. The summed E-state index contributed by atoms with van der Waals surface area (Å²) >= 11 is 0. The Morgan fingerprint density at radius 1 is 1.43 bits per heavy atom. The zero-order valence-electron chi connectivity index (χ0n) is 12.6. The van der Waals surface area contributed by atoms with Crippen LogP contribution in [0.2, 0.25) is 0 Å². The third-order valence-corrected chi connectivity index (χ3v) is 3.93. The van der Waals surface area contributed by atoms with Crippen LogP contribution in [0.25, 0.3) is 0 Å². The molecule has 3 N–H and O–H groups in total. The van der Waals surface area contributed by atoms with E-state index < -0.39 is 5.60 Å². The zero-order valence-corrected chi connectivity index (χ0v) is 12.6. The lowest BCUT2D eigenvalue weighted by atomic mass is 9.94. The minimum atomic E-state index is -0.638. The Morgan fingerprint density at radius 3 is 2.86 bits per heavy atom. The minimum Gasteiger partial charge on any atom is -0.398 e. The number of hydrogen-bond donors (Lipinski definition) is 2. The SMILES string of the molecule is CN(CCCn1cc(N)ccc1=O)CC1(O)CCOCC1. The van der Waals surface area contributed by atoms with Gasteiger partial charge in [0.2, 0.25) is 0 Å². The number of likely N-dealkylation sites (N-methyl/N-ethyl adjacent to an activating group) is 1. The van der Waals surface area contributed by atoms with Gasteiger partial charge in [0.05, 0.1) is 5.60 Å². The van der Waals surface area contributed by atoms with E-state index in [1.54, 1.807) is 16.8 Å². The first kappa shape index (κ1) is 16.0. The van der Waals surface area contributed by atoms with Crippen LogP contribution in [-0.2, 0) is 11.3 Å². The lowest BCUT2D eigenvalue weighted by Crippen LogP contribution is -2.46. The highest BCUT2D eigenvalue weighted by Gasteiger charge is 2.30. The maximum absolute atomic E-state index is 11.7. The summed E-state index contributed by atoms with van der Waals surface area (Å²) < 4.78 is 6.91. The number of aryl methyl sites for hydroxylation is 1. The molecule has 0 aromatic carbocycles. The summed E-state index contributed by atoms with van der Waals surface area (Å²) in [5.74, 6) is 0. The third kappa shape index (κ3) is 4.84. The molecule has 0 saturated carbocycles. The summed E-state index contributed by atoms with van der Waals surface area (Å²) in [6.45, 7) is 3.36. The van der Waals surface area contributed by atoms with Crippen molar-refractivity contribution in [2.24, 2.45) is 0 Å². The van der Waals surface area contributed by atoms with E-state index in [1.807, 2.05) is 7.05 Å². The number of ether oxygens (including phenoxy) is 1. The van der Waals surface area contributed by atoms with Crippen LogP contribution in [0.1, 0.15) is 19.3 Å². The fourth-order valence-corrected chi connectivity index (χ4v) is 2.73. The number of nitrogen functional groups attached to an aromatic ring is 1. The molecule has 6 heteroatoms. The van der Waals surface area contributed by atoms with E-state index in [2.05, 4.69) is 4.90 Å². The van der Waals surface area contributed by atoms with Gasteiger partial charge in [0.15, 0.2) is 0 Å². The Balaban J connectivity index is 1.77. The fourth-order valence-electron chi connectivity index (χ4n) is 2.73. The Hall–Kier alpha value is -1.37. The van der Waals surface area contributed by atoms with Gasteiger partial charge in [-0.1, -0.05) is 0 Å². The number of pyridine rings is 1. The van der Waals surface area contributed by atoms with E-state index in [4.69, 9.17) is 10.5 Å². The van der Waals surface area contributed by atoms with E-state index in [0.29, 0.717) is 44.8 Å². The Bertz CT molecular complexity index is 509. The maximum atomic E-state index is 11.7. The average molecular weight is 295 g/mol. The number of nitrogens with two attached hydrogens (primary N) is 1. The van der Waals surface area contributed by atoms with Gasteiger partial charge in [-0.15, -0.1) is 0 Å². The second-order valence-electron chi connectivity index (χ2n) is 5.92. The predicted molar refractivity (Wildman–Crippen MR) is 82.2 cm³/mol. The lowest BCUT2D eigenvalue weighted by Gasteiger charge is -2.35. The highest BCUT2D eigenvalue weighted by atomic mass is 16.5. The number of aliphatic hydroxyl groups is 1. The summed E-state index contributed by atoms with van der Waals surface area (Å²) in [5, 5.41) is 10.4. The summed E-state index contributed by atoms with van der Waals surface area (Å²) in [6, 6.07) is 3.11. The molecular formula is C15H25N3O3. The van der Waals surface area contributed by atoms with Crippen molar-refractivity contribution in [2.75, 3.05) is 39.1 Å². The highest BCUT2D eigenvalue weighted by Crippen LogP contribution is 2.21. The van der Waals surface area contributed by atoms with E-state index in [9.17, 15) is 9.90 Å². The van der Waals surface area contributed by atoms with Crippen molar-refractivity contribution in [1.82, 2.24) is 9.47 Å². The van der Waals surface area contributed by atoms with Crippen molar-refractivity contribution in [2.45, 2.75) is 31.4 Å². The molecule has 1 saturated heterocycles. The minimum absolute atomic E-state index is 0.0325. The number of hydrogen-bond acceptors (Lipinski definition) is 5. The number of rotatable bonds is 6. The highest BCUT2D eigenvalue weighted by molar-refractivity contribution is 5.33. The van der Waals surface area contributed by atoms with E-state index in [-0.39, 0.29) is 5.56 Å². The van der Waals surface area contributed by atoms with Gasteiger partial charge in [0.1, 0.15) is 0 Å². The first-order valence-electron chi connectivity index (χ1n) is 7.43. The van der Waals surface area contributed by atoms with Crippen LogP contribution < -0.4 is 11.3 Å². The molecule has 1 aliphatic heterocycles. The molecule has 0 spiro atoms. The van der Waals surface area contributed by atoms with Gasteiger partial charge in [-0.2, -0.15) is 0 Å². The van der Waals surface area contributed by atoms with E-state index >= 15 is 0 Å². The van der Waals surface area contributed by atoms with Crippen LogP contribution in [0.4, 0.5) is 5.69 Å². The van der Waals surface area contributed by atoms with Crippen molar-refractivity contribution >= 4 is 5.69 Å². The van der Waals surface area contributed by atoms with E-state index in [1.165, 1.54) is 6.07 Å². The molecule has 0 atom stereocenters. The van der Waals surface area contributed by atoms with E-state index in [0.717, 1.165) is 13.0 Å². The normalized spacial score (nSPS) is 18.0. The molecule has 1 aliphatic rings. The molecule has 118 valence electrons. The summed E-state index contributed by atoms with van der Waals surface area (Å²) in [7, 11) is 2.00. The predicted octanol–water partition coefficient (Wildman–Crippen LogP) is 0.294. The molecule has 21 heavy (non-hydrogen) atoms.